The maximum atomic E-state index is 12.6. The summed E-state index contributed by atoms with van der Waals surface area (Å²) < 4.78 is 37.8. The van der Waals surface area contributed by atoms with Crippen LogP contribution in [0.5, 0.6) is 0 Å². The van der Waals surface area contributed by atoms with E-state index in [0.29, 0.717) is 23.7 Å². The SMILES string of the molecule is CCC(C)Nc1ccc2cc(NC(=O)CCc3ccc(C(F)(F)F)cc3)ccc2n1. The van der Waals surface area contributed by atoms with E-state index < -0.39 is 11.7 Å². The van der Waals surface area contributed by atoms with Crippen LogP contribution in [0.15, 0.2) is 54.6 Å². The van der Waals surface area contributed by atoms with Crippen LogP contribution in [-0.2, 0) is 17.4 Å². The van der Waals surface area contributed by atoms with Gasteiger partial charge < -0.3 is 10.6 Å². The van der Waals surface area contributed by atoms with E-state index in [4.69, 9.17) is 0 Å². The van der Waals surface area contributed by atoms with Gasteiger partial charge in [0.05, 0.1) is 11.1 Å². The van der Waals surface area contributed by atoms with E-state index >= 15 is 0 Å². The van der Waals surface area contributed by atoms with Crippen LogP contribution >= 0.6 is 0 Å². The summed E-state index contributed by atoms with van der Waals surface area (Å²) in [6, 6.07) is 14.6. The standard InChI is InChI=1S/C23H24F3N3O/c1-3-15(2)27-21-12-7-17-14-19(10-11-20(17)29-21)28-22(30)13-6-16-4-8-18(9-5-16)23(24,25)26/h4-5,7-12,14-15H,3,6,13H2,1-2H3,(H,27,29)(H,28,30). The number of hydrogen-bond donors (Lipinski definition) is 2. The molecular weight excluding hydrogens is 391 g/mol. The van der Waals surface area contributed by atoms with Crippen molar-refractivity contribution in [3.8, 4) is 0 Å². The molecule has 0 saturated carbocycles. The Morgan fingerprint density at radius 1 is 1.07 bits per heavy atom. The fourth-order valence-corrected chi connectivity index (χ4v) is 2.98. The Hall–Kier alpha value is -3.09. The van der Waals surface area contributed by atoms with Crippen molar-refractivity contribution >= 4 is 28.3 Å². The zero-order valence-corrected chi connectivity index (χ0v) is 16.9. The lowest BCUT2D eigenvalue weighted by Gasteiger charge is -2.13. The molecule has 3 aromatic rings. The zero-order valence-electron chi connectivity index (χ0n) is 16.9. The number of nitrogens with zero attached hydrogens (tertiary/aromatic N) is 1. The van der Waals surface area contributed by atoms with Gasteiger partial charge in [0.15, 0.2) is 0 Å². The van der Waals surface area contributed by atoms with Crippen molar-refractivity contribution in [2.45, 2.75) is 45.3 Å². The number of carbonyl (C=O) groups is 1. The number of anilines is 2. The van der Waals surface area contributed by atoms with Gasteiger partial charge in [0.25, 0.3) is 0 Å². The maximum absolute atomic E-state index is 12.6. The second-order valence-corrected chi connectivity index (χ2v) is 7.30. The molecule has 0 aliphatic carbocycles. The van der Waals surface area contributed by atoms with E-state index in [9.17, 15) is 18.0 Å². The molecule has 30 heavy (non-hydrogen) atoms. The number of halogens is 3. The Morgan fingerprint density at radius 2 is 1.80 bits per heavy atom. The molecule has 2 aromatic carbocycles. The van der Waals surface area contributed by atoms with Gasteiger partial charge in [0.2, 0.25) is 5.91 Å². The predicted octanol–water partition coefficient (Wildman–Crippen LogP) is 6.04. The van der Waals surface area contributed by atoms with Gasteiger partial charge in [0.1, 0.15) is 5.82 Å². The zero-order chi connectivity index (χ0) is 21.7. The number of fused-ring (bicyclic) bond motifs is 1. The van der Waals surface area contributed by atoms with Crippen LogP contribution in [0.4, 0.5) is 24.7 Å². The molecule has 7 heteroatoms. The summed E-state index contributed by atoms with van der Waals surface area (Å²) in [5, 5.41) is 7.07. The van der Waals surface area contributed by atoms with Gasteiger partial charge in [0, 0.05) is 23.5 Å². The van der Waals surface area contributed by atoms with Crippen LogP contribution in [-0.4, -0.2) is 16.9 Å². The molecular formula is C23H24F3N3O. The van der Waals surface area contributed by atoms with Crippen molar-refractivity contribution in [2.75, 3.05) is 10.6 Å². The number of alkyl halides is 3. The van der Waals surface area contributed by atoms with Gasteiger partial charge in [-0.2, -0.15) is 13.2 Å². The van der Waals surface area contributed by atoms with Gasteiger partial charge >= 0.3 is 6.18 Å². The summed E-state index contributed by atoms with van der Waals surface area (Å²) in [5.74, 6) is 0.613. The van der Waals surface area contributed by atoms with Crippen molar-refractivity contribution in [3.63, 3.8) is 0 Å². The van der Waals surface area contributed by atoms with E-state index in [-0.39, 0.29) is 12.3 Å². The Bertz CT molecular complexity index is 1020. The van der Waals surface area contributed by atoms with Gasteiger partial charge in [-0.1, -0.05) is 19.1 Å². The molecule has 1 unspecified atom stereocenters. The second kappa shape index (κ2) is 9.15. The highest BCUT2D eigenvalue weighted by Gasteiger charge is 2.29. The molecule has 0 spiro atoms. The molecule has 4 nitrogen and oxygen atoms in total. The highest BCUT2D eigenvalue weighted by Crippen LogP contribution is 2.29. The quantitative estimate of drug-likeness (QED) is 0.495. The molecule has 0 bridgehead atoms. The number of hydrogen-bond acceptors (Lipinski definition) is 3. The fraction of sp³-hybridized carbons (Fsp3) is 0.304. The Balaban J connectivity index is 1.58. The molecule has 0 saturated heterocycles. The van der Waals surface area contributed by atoms with Crippen molar-refractivity contribution in [1.82, 2.24) is 4.98 Å². The average molecular weight is 415 g/mol. The molecule has 1 heterocycles. The third kappa shape index (κ3) is 5.72. The highest BCUT2D eigenvalue weighted by molar-refractivity contribution is 5.94. The smallest absolute Gasteiger partial charge is 0.368 e. The lowest BCUT2D eigenvalue weighted by molar-refractivity contribution is -0.137. The topological polar surface area (TPSA) is 54.0 Å². The van der Waals surface area contributed by atoms with Crippen molar-refractivity contribution in [3.05, 3.63) is 65.7 Å². The Morgan fingerprint density at radius 3 is 2.47 bits per heavy atom. The van der Waals surface area contributed by atoms with Crippen LogP contribution in [0.2, 0.25) is 0 Å². The minimum atomic E-state index is -4.36. The lowest BCUT2D eigenvalue weighted by Crippen LogP contribution is -2.14. The first-order chi connectivity index (χ1) is 14.2. The van der Waals surface area contributed by atoms with Crippen LogP contribution in [0, 0.1) is 0 Å². The van der Waals surface area contributed by atoms with Gasteiger partial charge in [-0.15, -0.1) is 0 Å². The molecule has 1 atom stereocenters. The third-order valence-corrected chi connectivity index (χ3v) is 4.90. The predicted molar refractivity (Wildman–Crippen MR) is 114 cm³/mol. The number of amides is 1. The monoisotopic (exact) mass is 415 g/mol. The summed E-state index contributed by atoms with van der Waals surface area (Å²) in [5.41, 5.74) is 1.47. The first kappa shape index (κ1) is 21.6. The van der Waals surface area contributed by atoms with Crippen molar-refractivity contribution in [1.29, 1.82) is 0 Å². The number of rotatable bonds is 7. The first-order valence-electron chi connectivity index (χ1n) is 9.88. The van der Waals surface area contributed by atoms with E-state index in [1.165, 1.54) is 12.1 Å². The Kier molecular flexibility index (Phi) is 6.59. The number of pyridine rings is 1. The summed E-state index contributed by atoms with van der Waals surface area (Å²) >= 11 is 0. The van der Waals surface area contributed by atoms with Gasteiger partial charge in [-0.05, 0) is 67.8 Å². The Labute approximate surface area is 173 Å². The summed E-state index contributed by atoms with van der Waals surface area (Å²) in [4.78, 5) is 16.8. The molecule has 0 aliphatic rings. The molecule has 0 radical (unpaired) electrons. The minimum Gasteiger partial charge on any atom is -0.368 e. The number of nitrogens with one attached hydrogen (secondary N) is 2. The fourth-order valence-electron chi connectivity index (χ4n) is 2.98. The summed E-state index contributed by atoms with van der Waals surface area (Å²) in [7, 11) is 0. The maximum Gasteiger partial charge on any atom is 0.416 e. The number of benzene rings is 2. The van der Waals surface area contributed by atoms with E-state index in [1.807, 2.05) is 24.3 Å². The molecule has 0 fully saturated rings. The molecule has 1 amide bonds. The first-order valence-corrected chi connectivity index (χ1v) is 9.88. The number of carbonyl (C=O) groups excluding carboxylic acids is 1. The molecule has 1 aromatic heterocycles. The van der Waals surface area contributed by atoms with Crippen LogP contribution in [0.1, 0.15) is 37.8 Å². The summed E-state index contributed by atoms with van der Waals surface area (Å²) in [6.07, 6.45) is -2.81. The third-order valence-electron chi connectivity index (χ3n) is 4.90. The van der Waals surface area contributed by atoms with Gasteiger partial charge in [-0.25, -0.2) is 4.98 Å². The molecule has 0 aliphatic heterocycles. The van der Waals surface area contributed by atoms with Crippen LogP contribution in [0.25, 0.3) is 10.9 Å². The van der Waals surface area contributed by atoms with E-state index in [0.717, 1.165) is 35.3 Å². The van der Waals surface area contributed by atoms with Crippen molar-refractivity contribution in [2.24, 2.45) is 0 Å². The second-order valence-electron chi connectivity index (χ2n) is 7.30. The van der Waals surface area contributed by atoms with Crippen LogP contribution < -0.4 is 10.6 Å². The van der Waals surface area contributed by atoms with E-state index in [2.05, 4.69) is 29.5 Å². The minimum absolute atomic E-state index is 0.180. The lowest BCUT2D eigenvalue weighted by atomic mass is 10.1. The highest BCUT2D eigenvalue weighted by atomic mass is 19.4. The molecule has 2 N–H and O–H groups in total. The van der Waals surface area contributed by atoms with Crippen molar-refractivity contribution < 1.29 is 18.0 Å². The average Bonchev–Trinajstić information content (AvgIpc) is 2.72. The number of aromatic nitrogens is 1. The van der Waals surface area contributed by atoms with Gasteiger partial charge in [-0.3, -0.25) is 4.79 Å². The molecule has 3 rings (SSSR count). The van der Waals surface area contributed by atoms with Crippen LogP contribution in [0.3, 0.4) is 0 Å². The van der Waals surface area contributed by atoms with E-state index in [1.54, 1.807) is 6.07 Å². The number of aryl methyl sites for hydroxylation is 1. The normalized spacial score (nSPS) is 12.6. The largest absolute Gasteiger partial charge is 0.416 e. The summed E-state index contributed by atoms with van der Waals surface area (Å²) in [6.45, 7) is 4.19. The molecule has 158 valence electrons.